The Labute approximate surface area is 82.4 Å². The van der Waals surface area contributed by atoms with Crippen LogP contribution in [0.25, 0.3) is 0 Å². The molecule has 0 unspecified atom stereocenters. The first-order valence-electron chi connectivity index (χ1n) is 4.38. The second kappa shape index (κ2) is 4.05. The lowest BCUT2D eigenvalue weighted by molar-refractivity contribution is 0.0696. The van der Waals surface area contributed by atoms with Gasteiger partial charge in [-0.3, -0.25) is 4.79 Å². The molecule has 0 bridgehead atoms. The van der Waals surface area contributed by atoms with Gasteiger partial charge in [-0.2, -0.15) is 0 Å². The Balaban J connectivity index is 3.27. The van der Waals surface area contributed by atoms with Crippen molar-refractivity contribution in [2.45, 2.75) is 19.8 Å². The van der Waals surface area contributed by atoms with Gasteiger partial charge in [-0.15, -0.1) is 0 Å². The maximum absolute atomic E-state index is 10.7. The standard InChI is InChI=1S/C11H12O3/c1-7(2)9-3-8(6-12)4-10(5-9)11(13)14/h3-7H,1-2H3,(H,13,14). The number of aldehydes is 1. The van der Waals surface area contributed by atoms with Gasteiger partial charge in [-0.1, -0.05) is 13.8 Å². The average molecular weight is 192 g/mol. The predicted octanol–water partition coefficient (Wildman–Crippen LogP) is 2.32. The normalized spacial score (nSPS) is 10.2. The smallest absolute Gasteiger partial charge is 0.335 e. The van der Waals surface area contributed by atoms with E-state index in [-0.39, 0.29) is 11.5 Å². The van der Waals surface area contributed by atoms with E-state index in [4.69, 9.17) is 5.11 Å². The molecule has 1 rings (SSSR count). The third-order valence-corrected chi connectivity index (χ3v) is 2.03. The van der Waals surface area contributed by atoms with Crippen molar-refractivity contribution >= 4 is 12.3 Å². The lowest BCUT2D eigenvalue weighted by Crippen LogP contribution is -2.00. The quantitative estimate of drug-likeness (QED) is 0.747. The SMILES string of the molecule is CC(C)c1cc(C=O)cc(C(=O)O)c1. The van der Waals surface area contributed by atoms with Gasteiger partial charge in [0.05, 0.1) is 5.56 Å². The molecular weight excluding hydrogens is 180 g/mol. The Morgan fingerprint density at radius 1 is 1.36 bits per heavy atom. The highest BCUT2D eigenvalue weighted by Gasteiger charge is 2.08. The average Bonchev–Trinajstić information content (AvgIpc) is 2.16. The van der Waals surface area contributed by atoms with E-state index in [0.29, 0.717) is 11.8 Å². The van der Waals surface area contributed by atoms with Gasteiger partial charge >= 0.3 is 5.97 Å². The molecule has 74 valence electrons. The summed E-state index contributed by atoms with van der Waals surface area (Å²) in [6, 6.07) is 4.69. The lowest BCUT2D eigenvalue weighted by Gasteiger charge is -2.07. The molecule has 0 aliphatic carbocycles. The fourth-order valence-corrected chi connectivity index (χ4v) is 1.20. The molecule has 0 aliphatic rings. The van der Waals surface area contributed by atoms with E-state index in [0.717, 1.165) is 5.56 Å². The summed E-state index contributed by atoms with van der Waals surface area (Å²) in [5.41, 5.74) is 1.44. The highest BCUT2D eigenvalue weighted by atomic mass is 16.4. The minimum Gasteiger partial charge on any atom is -0.478 e. The van der Waals surface area contributed by atoms with Gasteiger partial charge in [0.2, 0.25) is 0 Å². The van der Waals surface area contributed by atoms with Crippen LogP contribution < -0.4 is 0 Å². The fraction of sp³-hybridized carbons (Fsp3) is 0.273. The number of carboxylic acid groups (broad SMARTS) is 1. The molecule has 14 heavy (non-hydrogen) atoms. The Kier molecular flexibility index (Phi) is 3.02. The topological polar surface area (TPSA) is 54.4 Å². The van der Waals surface area contributed by atoms with Gasteiger partial charge in [-0.25, -0.2) is 4.79 Å². The van der Waals surface area contributed by atoms with Crippen LogP contribution in [-0.4, -0.2) is 17.4 Å². The molecule has 0 saturated heterocycles. The van der Waals surface area contributed by atoms with Crippen LogP contribution in [0.3, 0.4) is 0 Å². The molecule has 1 N–H and O–H groups in total. The van der Waals surface area contributed by atoms with Crippen LogP contribution in [0.5, 0.6) is 0 Å². The van der Waals surface area contributed by atoms with Crippen LogP contribution in [0, 0.1) is 0 Å². The van der Waals surface area contributed by atoms with Crippen molar-refractivity contribution in [1.82, 2.24) is 0 Å². The molecule has 3 heteroatoms. The number of hydrogen-bond acceptors (Lipinski definition) is 2. The van der Waals surface area contributed by atoms with Crippen LogP contribution in [-0.2, 0) is 0 Å². The summed E-state index contributed by atoms with van der Waals surface area (Å²) < 4.78 is 0. The molecule has 0 aliphatic heterocycles. The third-order valence-electron chi connectivity index (χ3n) is 2.03. The summed E-state index contributed by atoms with van der Waals surface area (Å²) >= 11 is 0. The third kappa shape index (κ3) is 2.19. The van der Waals surface area contributed by atoms with Gasteiger partial charge in [0.25, 0.3) is 0 Å². The Hall–Kier alpha value is -1.64. The predicted molar refractivity (Wildman–Crippen MR) is 52.9 cm³/mol. The van der Waals surface area contributed by atoms with Crippen molar-refractivity contribution < 1.29 is 14.7 Å². The fourth-order valence-electron chi connectivity index (χ4n) is 1.20. The van der Waals surface area contributed by atoms with E-state index in [2.05, 4.69) is 0 Å². The van der Waals surface area contributed by atoms with Gasteiger partial charge in [0.1, 0.15) is 6.29 Å². The van der Waals surface area contributed by atoms with Crippen molar-refractivity contribution in [3.05, 3.63) is 34.9 Å². The Morgan fingerprint density at radius 2 is 2.00 bits per heavy atom. The molecular formula is C11H12O3. The highest BCUT2D eigenvalue weighted by molar-refractivity contribution is 5.90. The van der Waals surface area contributed by atoms with Crippen molar-refractivity contribution in [2.24, 2.45) is 0 Å². The number of carbonyl (C=O) groups is 2. The first kappa shape index (κ1) is 10.4. The van der Waals surface area contributed by atoms with Crippen LogP contribution in [0.15, 0.2) is 18.2 Å². The molecule has 0 spiro atoms. The van der Waals surface area contributed by atoms with E-state index in [9.17, 15) is 9.59 Å². The number of carbonyl (C=O) groups excluding carboxylic acids is 1. The molecule has 0 aromatic heterocycles. The number of carboxylic acids is 1. The van der Waals surface area contributed by atoms with E-state index >= 15 is 0 Å². The Morgan fingerprint density at radius 3 is 2.43 bits per heavy atom. The van der Waals surface area contributed by atoms with Crippen molar-refractivity contribution in [1.29, 1.82) is 0 Å². The zero-order valence-corrected chi connectivity index (χ0v) is 8.15. The molecule has 0 radical (unpaired) electrons. The van der Waals surface area contributed by atoms with Gasteiger partial charge < -0.3 is 5.11 Å². The number of hydrogen-bond donors (Lipinski definition) is 1. The highest BCUT2D eigenvalue weighted by Crippen LogP contribution is 2.17. The van der Waals surface area contributed by atoms with Crippen molar-refractivity contribution in [2.75, 3.05) is 0 Å². The van der Waals surface area contributed by atoms with Gasteiger partial charge in [-0.05, 0) is 29.7 Å². The minimum absolute atomic E-state index is 0.165. The summed E-state index contributed by atoms with van der Waals surface area (Å²) in [6.45, 7) is 3.91. The lowest BCUT2D eigenvalue weighted by atomic mass is 9.98. The van der Waals surface area contributed by atoms with E-state index in [1.165, 1.54) is 6.07 Å². The zero-order valence-electron chi connectivity index (χ0n) is 8.15. The van der Waals surface area contributed by atoms with Crippen LogP contribution in [0.1, 0.15) is 46.0 Å². The van der Waals surface area contributed by atoms with Crippen LogP contribution >= 0.6 is 0 Å². The summed E-state index contributed by atoms with van der Waals surface area (Å²) in [5, 5.41) is 8.80. The monoisotopic (exact) mass is 192 g/mol. The van der Waals surface area contributed by atoms with Gasteiger partial charge in [0, 0.05) is 5.56 Å². The molecule has 3 nitrogen and oxygen atoms in total. The molecule has 0 heterocycles. The van der Waals surface area contributed by atoms with E-state index in [1.807, 2.05) is 13.8 Å². The number of rotatable bonds is 3. The first-order valence-corrected chi connectivity index (χ1v) is 4.38. The molecule has 1 aromatic carbocycles. The Bertz CT molecular complexity index is 367. The molecule has 1 aromatic rings. The first-order chi connectivity index (χ1) is 6.54. The zero-order chi connectivity index (χ0) is 10.7. The summed E-state index contributed by atoms with van der Waals surface area (Å²) in [5.74, 6) is -0.788. The van der Waals surface area contributed by atoms with Crippen molar-refractivity contribution in [3.8, 4) is 0 Å². The summed E-state index contributed by atoms with van der Waals surface area (Å²) in [6.07, 6.45) is 0.665. The largest absolute Gasteiger partial charge is 0.478 e. The molecule has 0 amide bonds. The maximum Gasteiger partial charge on any atom is 0.335 e. The second-order valence-electron chi connectivity index (χ2n) is 3.47. The van der Waals surface area contributed by atoms with Crippen LogP contribution in [0.4, 0.5) is 0 Å². The minimum atomic E-state index is -1.00. The number of aromatic carboxylic acids is 1. The van der Waals surface area contributed by atoms with Crippen molar-refractivity contribution in [3.63, 3.8) is 0 Å². The van der Waals surface area contributed by atoms with Crippen LogP contribution in [0.2, 0.25) is 0 Å². The van der Waals surface area contributed by atoms with Gasteiger partial charge in [0.15, 0.2) is 0 Å². The second-order valence-corrected chi connectivity index (χ2v) is 3.47. The summed E-state index contributed by atoms with van der Waals surface area (Å²) in [4.78, 5) is 21.3. The van der Waals surface area contributed by atoms with E-state index in [1.54, 1.807) is 12.1 Å². The maximum atomic E-state index is 10.7. The molecule has 0 atom stereocenters. The molecule has 0 fully saturated rings. The van der Waals surface area contributed by atoms with E-state index < -0.39 is 5.97 Å². The summed E-state index contributed by atoms with van der Waals surface area (Å²) in [7, 11) is 0. The molecule has 0 saturated carbocycles. The number of benzene rings is 1.